The first-order valence-corrected chi connectivity index (χ1v) is 7.87. The summed E-state index contributed by atoms with van der Waals surface area (Å²) in [6, 6.07) is 8.68. The van der Waals surface area contributed by atoms with Gasteiger partial charge in [-0.05, 0) is 56.1 Å². The molecule has 0 saturated carbocycles. The summed E-state index contributed by atoms with van der Waals surface area (Å²) in [7, 11) is 2.00. The average Bonchev–Trinajstić information content (AvgIpc) is 2.71. The molecule has 1 aromatic carbocycles. The van der Waals surface area contributed by atoms with Crippen LogP contribution < -0.4 is 5.32 Å². The predicted molar refractivity (Wildman–Crippen MR) is 88.9 cm³/mol. The third-order valence-electron chi connectivity index (χ3n) is 3.62. The van der Waals surface area contributed by atoms with Gasteiger partial charge in [0.2, 0.25) is 0 Å². The van der Waals surface area contributed by atoms with Crippen LogP contribution in [0.25, 0.3) is 0 Å². The highest BCUT2D eigenvalue weighted by molar-refractivity contribution is 6.30. The Hall–Kier alpha value is -1.32. The zero-order chi connectivity index (χ0) is 15.4. The van der Waals surface area contributed by atoms with E-state index < -0.39 is 0 Å². The molecular formula is C17H24ClN3. The zero-order valence-corrected chi connectivity index (χ0v) is 14.0. The van der Waals surface area contributed by atoms with Gasteiger partial charge in [-0.3, -0.25) is 4.68 Å². The van der Waals surface area contributed by atoms with E-state index in [1.807, 2.05) is 24.7 Å². The molecule has 21 heavy (non-hydrogen) atoms. The summed E-state index contributed by atoms with van der Waals surface area (Å²) in [6.45, 7) is 7.29. The largest absolute Gasteiger partial charge is 0.310 e. The molecule has 0 aliphatic rings. The van der Waals surface area contributed by atoms with Gasteiger partial charge in [-0.2, -0.15) is 5.10 Å². The Bertz CT molecular complexity index is 584. The van der Waals surface area contributed by atoms with Crippen LogP contribution in [-0.4, -0.2) is 16.3 Å². The molecule has 1 N–H and O–H groups in total. The quantitative estimate of drug-likeness (QED) is 0.875. The van der Waals surface area contributed by atoms with Gasteiger partial charge >= 0.3 is 0 Å². The third kappa shape index (κ3) is 4.32. The first-order chi connectivity index (χ1) is 9.99. The van der Waals surface area contributed by atoms with E-state index in [1.165, 1.54) is 16.8 Å². The molecule has 3 nitrogen and oxygen atoms in total. The number of nitrogens with zero attached hydrogens (tertiary/aromatic N) is 2. The van der Waals surface area contributed by atoms with Gasteiger partial charge in [0.25, 0.3) is 0 Å². The van der Waals surface area contributed by atoms with E-state index in [0.717, 1.165) is 30.1 Å². The average molecular weight is 306 g/mol. The molecule has 1 atom stereocenters. The number of rotatable bonds is 6. The SMILES string of the molecule is CCCNC(Cc1cc(C)nn1C)c1cc(C)cc(Cl)c1. The van der Waals surface area contributed by atoms with Gasteiger partial charge in [-0.15, -0.1) is 0 Å². The molecule has 114 valence electrons. The van der Waals surface area contributed by atoms with Crippen molar-refractivity contribution in [3.05, 3.63) is 51.8 Å². The number of hydrogen-bond donors (Lipinski definition) is 1. The second-order valence-corrected chi connectivity index (χ2v) is 6.11. The van der Waals surface area contributed by atoms with Gasteiger partial charge < -0.3 is 5.32 Å². The number of hydrogen-bond acceptors (Lipinski definition) is 2. The fourth-order valence-corrected chi connectivity index (χ4v) is 2.95. The summed E-state index contributed by atoms with van der Waals surface area (Å²) in [5, 5.41) is 8.86. The molecule has 2 aromatic rings. The van der Waals surface area contributed by atoms with E-state index in [-0.39, 0.29) is 6.04 Å². The lowest BCUT2D eigenvalue weighted by Gasteiger charge is -2.20. The molecule has 1 aromatic heterocycles. The van der Waals surface area contributed by atoms with Crippen molar-refractivity contribution in [3.8, 4) is 0 Å². The van der Waals surface area contributed by atoms with Crippen LogP contribution in [0.4, 0.5) is 0 Å². The van der Waals surface area contributed by atoms with Crippen LogP contribution in [0.2, 0.25) is 5.02 Å². The number of aromatic nitrogens is 2. The molecule has 0 spiro atoms. The van der Waals surface area contributed by atoms with E-state index in [1.54, 1.807) is 0 Å². The van der Waals surface area contributed by atoms with Crippen LogP contribution in [0, 0.1) is 13.8 Å². The van der Waals surface area contributed by atoms with Crippen LogP contribution in [0.5, 0.6) is 0 Å². The van der Waals surface area contributed by atoms with E-state index in [2.05, 4.69) is 42.5 Å². The Morgan fingerprint density at radius 2 is 2.00 bits per heavy atom. The molecule has 0 saturated heterocycles. The maximum absolute atomic E-state index is 6.22. The molecule has 1 heterocycles. The molecule has 4 heteroatoms. The maximum atomic E-state index is 6.22. The van der Waals surface area contributed by atoms with E-state index in [4.69, 9.17) is 11.6 Å². The summed E-state index contributed by atoms with van der Waals surface area (Å²) in [5.41, 5.74) is 4.73. The second kappa shape index (κ2) is 7.10. The topological polar surface area (TPSA) is 29.9 Å². The zero-order valence-electron chi connectivity index (χ0n) is 13.3. The molecule has 1 unspecified atom stereocenters. The van der Waals surface area contributed by atoms with Crippen LogP contribution in [0.15, 0.2) is 24.3 Å². The van der Waals surface area contributed by atoms with Crippen LogP contribution in [0.3, 0.4) is 0 Å². The summed E-state index contributed by atoms with van der Waals surface area (Å²) in [5.74, 6) is 0. The molecular weight excluding hydrogens is 282 g/mol. The molecule has 0 radical (unpaired) electrons. The van der Waals surface area contributed by atoms with Gasteiger partial charge in [0, 0.05) is 30.2 Å². The summed E-state index contributed by atoms with van der Waals surface area (Å²) >= 11 is 6.22. The molecule has 0 aliphatic heterocycles. The van der Waals surface area contributed by atoms with Crippen molar-refractivity contribution in [2.75, 3.05) is 6.54 Å². The van der Waals surface area contributed by atoms with Crippen molar-refractivity contribution in [1.82, 2.24) is 15.1 Å². The van der Waals surface area contributed by atoms with Crippen molar-refractivity contribution in [3.63, 3.8) is 0 Å². The Morgan fingerprint density at radius 3 is 2.57 bits per heavy atom. The minimum atomic E-state index is 0.261. The van der Waals surface area contributed by atoms with Gasteiger partial charge in [-0.1, -0.05) is 24.6 Å². The van der Waals surface area contributed by atoms with Gasteiger partial charge in [0.1, 0.15) is 0 Å². The second-order valence-electron chi connectivity index (χ2n) is 5.67. The highest BCUT2D eigenvalue weighted by Gasteiger charge is 2.15. The molecule has 0 fully saturated rings. The monoisotopic (exact) mass is 305 g/mol. The lowest BCUT2D eigenvalue weighted by Crippen LogP contribution is -2.25. The van der Waals surface area contributed by atoms with Gasteiger partial charge in [0.05, 0.1) is 5.69 Å². The third-order valence-corrected chi connectivity index (χ3v) is 3.84. The van der Waals surface area contributed by atoms with Crippen molar-refractivity contribution < 1.29 is 0 Å². The minimum absolute atomic E-state index is 0.261. The number of halogens is 1. The van der Waals surface area contributed by atoms with Crippen molar-refractivity contribution in [2.24, 2.45) is 7.05 Å². The number of aryl methyl sites for hydroxylation is 3. The van der Waals surface area contributed by atoms with Crippen molar-refractivity contribution in [1.29, 1.82) is 0 Å². The minimum Gasteiger partial charge on any atom is -0.310 e. The van der Waals surface area contributed by atoms with Crippen LogP contribution in [-0.2, 0) is 13.5 Å². The fraction of sp³-hybridized carbons (Fsp3) is 0.471. The van der Waals surface area contributed by atoms with Crippen molar-refractivity contribution >= 4 is 11.6 Å². The fourth-order valence-electron chi connectivity index (χ4n) is 2.66. The Kier molecular flexibility index (Phi) is 5.43. The molecule has 0 aliphatic carbocycles. The molecule has 2 rings (SSSR count). The van der Waals surface area contributed by atoms with E-state index >= 15 is 0 Å². The smallest absolute Gasteiger partial charge is 0.0596 e. The normalized spacial score (nSPS) is 12.6. The number of benzene rings is 1. The van der Waals surface area contributed by atoms with Gasteiger partial charge in [-0.25, -0.2) is 0 Å². The highest BCUT2D eigenvalue weighted by Crippen LogP contribution is 2.23. The first-order valence-electron chi connectivity index (χ1n) is 7.49. The Labute approximate surface area is 132 Å². The molecule has 0 bridgehead atoms. The Balaban J connectivity index is 2.27. The van der Waals surface area contributed by atoms with Crippen LogP contribution >= 0.6 is 11.6 Å². The van der Waals surface area contributed by atoms with Crippen molar-refractivity contribution in [2.45, 2.75) is 39.7 Å². The predicted octanol–water partition coefficient (Wildman–Crippen LogP) is 3.97. The highest BCUT2D eigenvalue weighted by atomic mass is 35.5. The number of nitrogens with one attached hydrogen (secondary N) is 1. The van der Waals surface area contributed by atoms with Gasteiger partial charge in [0.15, 0.2) is 0 Å². The lowest BCUT2D eigenvalue weighted by atomic mass is 9.99. The van der Waals surface area contributed by atoms with Crippen LogP contribution in [0.1, 0.15) is 41.9 Å². The summed E-state index contributed by atoms with van der Waals surface area (Å²) in [4.78, 5) is 0. The van der Waals surface area contributed by atoms with E-state index in [9.17, 15) is 0 Å². The first kappa shape index (κ1) is 16.1. The summed E-state index contributed by atoms with van der Waals surface area (Å²) < 4.78 is 1.97. The lowest BCUT2D eigenvalue weighted by molar-refractivity contribution is 0.512. The standard InChI is InChI=1S/C17H24ClN3/c1-5-6-19-17(11-16-9-13(3)20-21(16)4)14-7-12(2)8-15(18)10-14/h7-10,17,19H,5-6,11H2,1-4H3. The molecule has 0 amide bonds. The van der Waals surface area contributed by atoms with E-state index in [0.29, 0.717) is 0 Å². The summed E-state index contributed by atoms with van der Waals surface area (Å²) in [6.07, 6.45) is 2.03. The Morgan fingerprint density at radius 1 is 1.24 bits per heavy atom. The maximum Gasteiger partial charge on any atom is 0.0596 e.